The van der Waals surface area contributed by atoms with Crippen molar-refractivity contribution in [1.29, 1.82) is 0 Å². The lowest BCUT2D eigenvalue weighted by Crippen LogP contribution is -2.42. The Balaban J connectivity index is 1.81. The van der Waals surface area contributed by atoms with Crippen molar-refractivity contribution >= 4 is 21.8 Å². The average Bonchev–Trinajstić information content (AvgIpc) is 2.79. The molecule has 1 saturated heterocycles. The van der Waals surface area contributed by atoms with Gasteiger partial charge in [-0.05, 0) is 35.1 Å². The van der Waals surface area contributed by atoms with Gasteiger partial charge in [-0.25, -0.2) is 20.3 Å². The summed E-state index contributed by atoms with van der Waals surface area (Å²) in [6.07, 6.45) is 3.63. The summed E-state index contributed by atoms with van der Waals surface area (Å²) in [5.74, 6) is 0.777. The number of nitrogens with zero attached hydrogens (tertiary/aromatic N) is 3. The summed E-state index contributed by atoms with van der Waals surface area (Å²) in [5, 5.41) is 0. The van der Waals surface area contributed by atoms with E-state index in [-0.39, 0.29) is 5.72 Å². The van der Waals surface area contributed by atoms with Crippen LogP contribution in [0.25, 0.3) is 0 Å². The van der Waals surface area contributed by atoms with Crippen LogP contribution >= 0.6 is 15.9 Å². The van der Waals surface area contributed by atoms with Gasteiger partial charge in [0.1, 0.15) is 4.60 Å². The second-order valence-electron chi connectivity index (χ2n) is 4.78. The van der Waals surface area contributed by atoms with Crippen molar-refractivity contribution in [2.45, 2.75) is 18.6 Å². The molecular formula is C12H15BrN4O. The predicted molar refractivity (Wildman–Crippen MR) is 72.2 cm³/mol. The number of hydroxylamine groups is 1. The molecule has 6 heteroatoms. The Morgan fingerprint density at radius 1 is 1.39 bits per heavy atom. The molecule has 5 nitrogen and oxygen atoms in total. The van der Waals surface area contributed by atoms with Gasteiger partial charge in [-0.3, -0.25) is 0 Å². The maximum Gasteiger partial charge on any atom is 0.190 e. The van der Waals surface area contributed by atoms with Gasteiger partial charge in [-0.1, -0.05) is 0 Å². The molecule has 96 valence electrons. The van der Waals surface area contributed by atoms with Crippen LogP contribution in [0.15, 0.2) is 27.9 Å². The summed E-state index contributed by atoms with van der Waals surface area (Å²) in [5.41, 5.74) is 3.52. The Kier molecular flexibility index (Phi) is 3.09. The lowest BCUT2D eigenvalue weighted by Gasteiger charge is -2.33. The number of rotatable bonds is 1. The van der Waals surface area contributed by atoms with Crippen LogP contribution in [0.5, 0.6) is 0 Å². The van der Waals surface area contributed by atoms with Gasteiger partial charge in [-0.15, -0.1) is 0 Å². The fraction of sp³-hybridized carbons (Fsp3) is 0.500. The zero-order valence-electron chi connectivity index (χ0n) is 10.2. The summed E-state index contributed by atoms with van der Waals surface area (Å²) in [6, 6.07) is 3.87. The molecule has 2 aliphatic rings. The van der Waals surface area contributed by atoms with Crippen molar-refractivity contribution in [1.82, 2.24) is 15.4 Å². The molecule has 0 amide bonds. The van der Waals surface area contributed by atoms with Gasteiger partial charge in [0, 0.05) is 37.7 Å². The van der Waals surface area contributed by atoms with Crippen LogP contribution in [0.1, 0.15) is 18.4 Å². The number of aromatic nitrogens is 1. The Labute approximate surface area is 114 Å². The minimum atomic E-state index is -0.380. The Bertz CT molecular complexity index is 465. The highest BCUT2D eigenvalue weighted by Gasteiger charge is 2.39. The molecule has 0 bridgehead atoms. The Morgan fingerprint density at radius 2 is 2.17 bits per heavy atom. The molecule has 0 aliphatic carbocycles. The first-order valence-corrected chi connectivity index (χ1v) is 6.81. The van der Waals surface area contributed by atoms with Crippen LogP contribution in [-0.4, -0.2) is 41.6 Å². The summed E-state index contributed by atoms with van der Waals surface area (Å²) < 4.78 is 0.819. The highest BCUT2D eigenvalue weighted by molar-refractivity contribution is 9.10. The molecule has 18 heavy (non-hydrogen) atoms. The molecule has 0 unspecified atom stereocenters. The third-order valence-corrected chi connectivity index (χ3v) is 3.89. The summed E-state index contributed by atoms with van der Waals surface area (Å²) >= 11 is 3.32. The van der Waals surface area contributed by atoms with E-state index in [9.17, 15) is 0 Å². The van der Waals surface area contributed by atoms with E-state index in [1.54, 1.807) is 6.20 Å². The zero-order valence-corrected chi connectivity index (χ0v) is 11.8. The SMILES string of the molecule is CN1CCC2(CC1)N=C(c1ccc(Br)nc1)NO2. The minimum Gasteiger partial charge on any atom is -0.306 e. The molecule has 0 radical (unpaired) electrons. The van der Waals surface area contributed by atoms with Crippen LogP contribution < -0.4 is 5.48 Å². The molecule has 0 atom stereocenters. The Morgan fingerprint density at radius 3 is 2.83 bits per heavy atom. The smallest absolute Gasteiger partial charge is 0.190 e. The summed E-state index contributed by atoms with van der Waals surface area (Å²) in [6.45, 7) is 2.02. The van der Waals surface area contributed by atoms with Crippen molar-refractivity contribution < 1.29 is 4.84 Å². The number of piperidine rings is 1. The van der Waals surface area contributed by atoms with E-state index >= 15 is 0 Å². The van der Waals surface area contributed by atoms with E-state index in [0.29, 0.717) is 0 Å². The normalized spacial score (nSPS) is 22.9. The number of hydrogen-bond acceptors (Lipinski definition) is 5. The summed E-state index contributed by atoms with van der Waals surface area (Å²) in [7, 11) is 2.12. The van der Waals surface area contributed by atoms with Gasteiger partial charge in [0.2, 0.25) is 0 Å². The van der Waals surface area contributed by atoms with Crippen molar-refractivity contribution in [3.8, 4) is 0 Å². The number of hydrogen-bond donors (Lipinski definition) is 1. The van der Waals surface area contributed by atoms with Crippen LogP contribution in [0, 0.1) is 0 Å². The van der Waals surface area contributed by atoms with Gasteiger partial charge in [0.15, 0.2) is 11.6 Å². The fourth-order valence-corrected chi connectivity index (χ4v) is 2.45. The first kappa shape index (κ1) is 12.1. The molecule has 1 spiro atoms. The van der Waals surface area contributed by atoms with E-state index in [1.165, 1.54) is 0 Å². The van der Waals surface area contributed by atoms with Gasteiger partial charge in [0.25, 0.3) is 0 Å². The standard InChI is InChI=1S/C12H15BrN4O/c1-17-6-4-12(5-7-17)15-11(16-18-12)9-2-3-10(13)14-8-9/h2-3,8H,4-7H2,1H3,(H,15,16). The molecule has 2 aliphatic heterocycles. The first-order chi connectivity index (χ1) is 8.67. The van der Waals surface area contributed by atoms with Crippen LogP contribution in [-0.2, 0) is 4.84 Å². The molecule has 3 rings (SSSR count). The van der Waals surface area contributed by atoms with Crippen LogP contribution in [0.3, 0.4) is 0 Å². The maximum atomic E-state index is 5.71. The largest absolute Gasteiger partial charge is 0.306 e. The number of pyridine rings is 1. The maximum absolute atomic E-state index is 5.71. The quantitative estimate of drug-likeness (QED) is 0.800. The third kappa shape index (κ3) is 2.28. The van der Waals surface area contributed by atoms with Crippen LogP contribution in [0.2, 0.25) is 0 Å². The molecule has 1 aromatic rings. The van der Waals surface area contributed by atoms with E-state index < -0.39 is 0 Å². The molecule has 1 aromatic heterocycles. The van der Waals surface area contributed by atoms with Gasteiger partial charge >= 0.3 is 0 Å². The lowest BCUT2D eigenvalue weighted by atomic mass is 10.0. The third-order valence-electron chi connectivity index (χ3n) is 3.42. The number of halogens is 1. The van der Waals surface area contributed by atoms with E-state index in [1.807, 2.05) is 12.1 Å². The molecule has 1 fully saturated rings. The summed E-state index contributed by atoms with van der Waals surface area (Å²) in [4.78, 5) is 16.9. The highest BCUT2D eigenvalue weighted by Crippen LogP contribution is 2.30. The lowest BCUT2D eigenvalue weighted by molar-refractivity contribution is -0.0863. The average molecular weight is 311 g/mol. The number of likely N-dealkylation sites (tertiary alicyclic amines) is 1. The van der Waals surface area contributed by atoms with E-state index in [2.05, 4.69) is 38.3 Å². The molecule has 3 heterocycles. The van der Waals surface area contributed by atoms with E-state index in [0.717, 1.165) is 41.9 Å². The van der Waals surface area contributed by atoms with Gasteiger partial charge in [0.05, 0.1) is 0 Å². The van der Waals surface area contributed by atoms with E-state index in [4.69, 9.17) is 9.83 Å². The second-order valence-corrected chi connectivity index (χ2v) is 5.60. The minimum absolute atomic E-state index is 0.380. The highest BCUT2D eigenvalue weighted by atomic mass is 79.9. The molecular weight excluding hydrogens is 296 g/mol. The van der Waals surface area contributed by atoms with Crippen molar-refractivity contribution in [2.75, 3.05) is 20.1 Å². The topological polar surface area (TPSA) is 49.8 Å². The second kappa shape index (κ2) is 4.60. The van der Waals surface area contributed by atoms with Gasteiger partial charge < -0.3 is 4.90 Å². The van der Waals surface area contributed by atoms with Gasteiger partial charge in [-0.2, -0.15) is 0 Å². The predicted octanol–water partition coefficient (Wildman–Crippen LogP) is 1.55. The molecule has 1 N–H and O–H groups in total. The Hall–Kier alpha value is -0.980. The molecule has 0 saturated carbocycles. The molecule has 0 aromatic carbocycles. The van der Waals surface area contributed by atoms with Crippen LogP contribution in [0.4, 0.5) is 0 Å². The van der Waals surface area contributed by atoms with Crippen molar-refractivity contribution in [3.05, 3.63) is 28.5 Å². The number of aliphatic imine (C=N–C) groups is 1. The fourth-order valence-electron chi connectivity index (χ4n) is 2.21. The first-order valence-electron chi connectivity index (χ1n) is 6.01. The van der Waals surface area contributed by atoms with Crippen molar-refractivity contribution in [3.63, 3.8) is 0 Å². The number of nitrogens with one attached hydrogen (secondary N) is 1. The van der Waals surface area contributed by atoms with Crippen molar-refractivity contribution in [2.24, 2.45) is 4.99 Å². The number of amidine groups is 1. The monoisotopic (exact) mass is 310 g/mol. The zero-order chi connectivity index (χ0) is 12.6.